The molecule has 0 aliphatic carbocycles. The summed E-state index contributed by atoms with van der Waals surface area (Å²) >= 11 is 0. The van der Waals surface area contributed by atoms with E-state index in [2.05, 4.69) is 0 Å². The zero-order valence-electron chi connectivity index (χ0n) is 7.34. The van der Waals surface area contributed by atoms with Crippen molar-refractivity contribution in [1.29, 1.82) is 0 Å². The largest absolute Gasteiger partial charge is 0.504 e. The molecule has 0 aromatic heterocycles. The fourth-order valence-corrected chi connectivity index (χ4v) is 1.49. The van der Waals surface area contributed by atoms with Crippen molar-refractivity contribution in [3.63, 3.8) is 0 Å². The zero-order valence-corrected chi connectivity index (χ0v) is 8.15. The molecule has 0 fully saturated rings. The Morgan fingerprint density at radius 3 is 2.47 bits per heavy atom. The molecule has 82 valence electrons. The Kier molecular flexibility index (Phi) is 2.82. The van der Waals surface area contributed by atoms with Crippen LogP contribution in [0, 0.1) is 0 Å². The van der Waals surface area contributed by atoms with E-state index in [1.807, 2.05) is 5.32 Å². The Balaban J connectivity index is 3.42. The molecule has 0 unspecified atom stereocenters. The van der Waals surface area contributed by atoms with Gasteiger partial charge in [0.25, 0.3) is 10.1 Å². The van der Waals surface area contributed by atoms with Gasteiger partial charge in [-0.25, -0.2) is 0 Å². The lowest BCUT2D eigenvalue weighted by Gasteiger charge is -2.07. The quantitative estimate of drug-likeness (QED) is 0.247. The van der Waals surface area contributed by atoms with Gasteiger partial charge in [0, 0.05) is 0 Å². The summed E-state index contributed by atoms with van der Waals surface area (Å²) in [6, 6.07) is 1.76. The number of phenolic OH excluding ortho intramolecular Hbond substituents is 1. The molecular formula is C7H8N2O5S. The number of nitrogens with two attached hydrogens (primary N) is 1. The van der Waals surface area contributed by atoms with Crippen LogP contribution in [0.5, 0.6) is 5.75 Å². The molecule has 0 saturated heterocycles. The maximum Gasteiger partial charge on any atom is 0.294 e. The third-order valence-corrected chi connectivity index (χ3v) is 2.46. The first kappa shape index (κ1) is 11.3. The summed E-state index contributed by atoms with van der Waals surface area (Å²) in [7, 11) is -4.43. The van der Waals surface area contributed by atoms with Crippen LogP contribution in [0.25, 0.3) is 0 Å². The van der Waals surface area contributed by atoms with Crippen molar-refractivity contribution in [3.8, 4) is 5.75 Å². The van der Waals surface area contributed by atoms with Crippen LogP contribution in [0.3, 0.4) is 0 Å². The van der Waals surface area contributed by atoms with Crippen molar-refractivity contribution >= 4 is 27.9 Å². The maximum absolute atomic E-state index is 10.8. The first-order valence-electron chi connectivity index (χ1n) is 3.66. The third kappa shape index (κ3) is 2.36. The Labute approximate surface area is 85.3 Å². The summed E-state index contributed by atoms with van der Waals surface area (Å²) in [5, 5.41) is 11.3. The van der Waals surface area contributed by atoms with Gasteiger partial charge in [0.2, 0.25) is 6.41 Å². The van der Waals surface area contributed by atoms with Gasteiger partial charge in [-0.1, -0.05) is 0 Å². The van der Waals surface area contributed by atoms with Crippen LogP contribution in [0.2, 0.25) is 0 Å². The monoisotopic (exact) mass is 232 g/mol. The number of anilines is 2. The second kappa shape index (κ2) is 3.75. The van der Waals surface area contributed by atoms with E-state index in [-0.39, 0.29) is 17.8 Å². The fraction of sp³-hybridized carbons (Fsp3) is 0. The van der Waals surface area contributed by atoms with Crippen LogP contribution in [0.4, 0.5) is 11.4 Å². The van der Waals surface area contributed by atoms with E-state index in [1.165, 1.54) is 0 Å². The van der Waals surface area contributed by atoms with Crippen LogP contribution < -0.4 is 11.1 Å². The molecule has 0 radical (unpaired) electrons. The van der Waals surface area contributed by atoms with E-state index in [0.29, 0.717) is 0 Å². The number of carbonyl (C=O) groups is 1. The van der Waals surface area contributed by atoms with Crippen LogP contribution in [0.1, 0.15) is 0 Å². The zero-order chi connectivity index (χ0) is 11.6. The number of hydrogen-bond donors (Lipinski definition) is 4. The highest BCUT2D eigenvalue weighted by atomic mass is 32.2. The van der Waals surface area contributed by atoms with Gasteiger partial charge >= 0.3 is 0 Å². The third-order valence-electron chi connectivity index (χ3n) is 1.63. The van der Waals surface area contributed by atoms with Crippen molar-refractivity contribution < 1.29 is 22.9 Å². The number of nitrogens with one attached hydrogen (secondary N) is 1. The van der Waals surface area contributed by atoms with Crippen molar-refractivity contribution in [2.75, 3.05) is 11.1 Å². The van der Waals surface area contributed by atoms with E-state index in [0.717, 1.165) is 12.1 Å². The summed E-state index contributed by atoms with van der Waals surface area (Å²) in [5.74, 6) is -0.463. The lowest BCUT2D eigenvalue weighted by atomic mass is 10.2. The van der Waals surface area contributed by atoms with Crippen LogP contribution in [-0.2, 0) is 14.9 Å². The molecule has 5 N–H and O–H groups in total. The predicted molar refractivity (Wildman–Crippen MR) is 52.0 cm³/mol. The summed E-state index contributed by atoms with van der Waals surface area (Å²) in [6.07, 6.45) is 0.238. The average Bonchev–Trinajstić information content (AvgIpc) is 2.11. The number of amides is 1. The van der Waals surface area contributed by atoms with E-state index in [4.69, 9.17) is 10.3 Å². The predicted octanol–water partition coefficient (Wildman–Crippen LogP) is -0.211. The van der Waals surface area contributed by atoms with Crippen LogP contribution >= 0.6 is 0 Å². The van der Waals surface area contributed by atoms with Crippen LogP contribution in [0.15, 0.2) is 17.0 Å². The molecule has 0 heterocycles. The molecule has 7 nitrogen and oxygen atoms in total. The molecule has 1 aromatic carbocycles. The summed E-state index contributed by atoms with van der Waals surface area (Å²) in [6.45, 7) is 0. The molecule has 0 saturated carbocycles. The number of nitrogen functional groups attached to an aromatic ring is 1. The summed E-state index contributed by atoms with van der Waals surface area (Å²) in [4.78, 5) is 9.61. The molecule has 0 atom stereocenters. The maximum atomic E-state index is 10.8. The van der Waals surface area contributed by atoms with Gasteiger partial charge in [0.05, 0.1) is 16.3 Å². The van der Waals surface area contributed by atoms with E-state index in [9.17, 15) is 18.3 Å². The van der Waals surface area contributed by atoms with Gasteiger partial charge < -0.3 is 16.2 Å². The molecule has 0 bridgehead atoms. The van der Waals surface area contributed by atoms with Gasteiger partial charge in [-0.05, 0) is 12.1 Å². The molecule has 0 spiro atoms. The first-order chi connectivity index (χ1) is 6.86. The number of benzene rings is 1. The topological polar surface area (TPSA) is 130 Å². The van der Waals surface area contributed by atoms with Gasteiger partial charge in [0.1, 0.15) is 0 Å². The van der Waals surface area contributed by atoms with Crippen molar-refractivity contribution in [3.05, 3.63) is 12.1 Å². The molecule has 1 aromatic rings. The molecule has 15 heavy (non-hydrogen) atoms. The van der Waals surface area contributed by atoms with Gasteiger partial charge in [0.15, 0.2) is 5.75 Å². The minimum absolute atomic E-state index is 0.197. The number of phenols is 1. The van der Waals surface area contributed by atoms with Crippen molar-refractivity contribution in [2.45, 2.75) is 4.90 Å². The normalized spacial score (nSPS) is 11.0. The van der Waals surface area contributed by atoms with Crippen molar-refractivity contribution in [1.82, 2.24) is 0 Å². The van der Waals surface area contributed by atoms with Gasteiger partial charge in [-0.2, -0.15) is 8.42 Å². The van der Waals surface area contributed by atoms with Crippen molar-refractivity contribution in [2.24, 2.45) is 0 Å². The Morgan fingerprint density at radius 2 is 2.00 bits per heavy atom. The lowest BCUT2D eigenvalue weighted by Crippen LogP contribution is -2.03. The fourth-order valence-electron chi connectivity index (χ4n) is 0.952. The molecule has 8 heteroatoms. The summed E-state index contributed by atoms with van der Waals surface area (Å²) in [5.41, 5.74) is 4.80. The number of hydrogen-bond acceptors (Lipinski definition) is 5. The Morgan fingerprint density at radius 1 is 1.40 bits per heavy atom. The SMILES string of the molecule is Nc1cc(S(=O)(=O)O)cc(NC=O)c1O. The average molecular weight is 232 g/mol. The molecular weight excluding hydrogens is 224 g/mol. The Bertz CT molecular complexity index is 496. The summed E-state index contributed by atoms with van der Waals surface area (Å²) < 4.78 is 30.2. The minimum Gasteiger partial charge on any atom is -0.504 e. The number of carbonyl (C=O) groups excluding carboxylic acids is 1. The molecule has 1 rings (SSSR count). The lowest BCUT2D eigenvalue weighted by molar-refractivity contribution is -0.105. The van der Waals surface area contributed by atoms with E-state index in [1.54, 1.807) is 0 Å². The van der Waals surface area contributed by atoms with Gasteiger partial charge in [-0.3, -0.25) is 9.35 Å². The van der Waals surface area contributed by atoms with E-state index < -0.39 is 20.8 Å². The first-order valence-corrected chi connectivity index (χ1v) is 5.10. The number of aromatic hydroxyl groups is 1. The molecule has 1 amide bonds. The molecule has 0 aliphatic rings. The number of rotatable bonds is 3. The van der Waals surface area contributed by atoms with Crippen LogP contribution in [-0.4, -0.2) is 24.5 Å². The smallest absolute Gasteiger partial charge is 0.294 e. The van der Waals surface area contributed by atoms with Gasteiger partial charge in [-0.15, -0.1) is 0 Å². The second-order valence-electron chi connectivity index (χ2n) is 2.65. The standard InChI is InChI=1S/C7H8N2O5S/c8-5-1-4(15(12,13)14)2-6(7(5)11)9-3-10/h1-3,11H,8H2,(H,9,10)(H,12,13,14). The highest BCUT2D eigenvalue weighted by Crippen LogP contribution is 2.32. The highest BCUT2D eigenvalue weighted by Gasteiger charge is 2.15. The van der Waals surface area contributed by atoms with E-state index >= 15 is 0 Å². The minimum atomic E-state index is -4.43. The second-order valence-corrected chi connectivity index (χ2v) is 4.07. The highest BCUT2D eigenvalue weighted by molar-refractivity contribution is 7.85. The molecule has 0 aliphatic heterocycles. The Hall–Kier alpha value is -1.80.